The molecule has 2 heterocycles. The summed E-state index contributed by atoms with van der Waals surface area (Å²) in [7, 11) is 0. The molecular formula is C19H20ClF2N3O4. The van der Waals surface area contributed by atoms with Crippen LogP contribution in [-0.4, -0.2) is 71.2 Å². The number of carboxylic acid groups (broad SMARTS) is 1. The van der Waals surface area contributed by atoms with Gasteiger partial charge in [-0.1, -0.05) is 11.6 Å². The van der Waals surface area contributed by atoms with E-state index in [0.29, 0.717) is 32.7 Å². The molecule has 0 amide bonds. The summed E-state index contributed by atoms with van der Waals surface area (Å²) in [4.78, 5) is 27.8. The fraction of sp³-hybridized carbons (Fsp3) is 0.474. The zero-order valence-corrected chi connectivity index (χ0v) is 16.2. The number of carbonyl (C=O) groups is 1. The van der Waals surface area contributed by atoms with Gasteiger partial charge in [-0.05, 0) is 6.07 Å². The Kier molecular flexibility index (Phi) is 5.22. The average Bonchev–Trinajstić information content (AvgIpc) is 3.40. The lowest BCUT2D eigenvalue weighted by molar-refractivity contribution is 0.0694. The Balaban J connectivity index is 1.85. The van der Waals surface area contributed by atoms with E-state index in [1.54, 1.807) is 4.90 Å². The first-order valence-electron chi connectivity index (χ1n) is 9.35. The van der Waals surface area contributed by atoms with Crippen molar-refractivity contribution in [3.05, 3.63) is 38.9 Å². The zero-order chi connectivity index (χ0) is 20.9. The first-order valence-corrected chi connectivity index (χ1v) is 9.73. The smallest absolute Gasteiger partial charge is 0.341 e. The van der Waals surface area contributed by atoms with Crippen LogP contribution in [0.1, 0.15) is 22.8 Å². The Bertz CT molecular complexity index is 1040. The predicted molar refractivity (Wildman–Crippen MR) is 104 cm³/mol. The van der Waals surface area contributed by atoms with Crippen molar-refractivity contribution in [2.45, 2.75) is 18.6 Å². The first kappa shape index (κ1) is 20.1. The second-order valence-corrected chi connectivity index (χ2v) is 7.75. The van der Waals surface area contributed by atoms with Gasteiger partial charge in [0.15, 0.2) is 0 Å². The molecule has 1 aromatic carbocycles. The highest BCUT2D eigenvalue weighted by molar-refractivity contribution is 6.38. The van der Waals surface area contributed by atoms with Gasteiger partial charge in [-0.25, -0.2) is 13.6 Å². The summed E-state index contributed by atoms with van der Waals surface area (Å²) in [5.41, 5.74) is -1.12. The van der Waals surface area contributed by atoms with E-state index in [4.69, 9.17) is 16.7 Å². The molecule has 1 aromatic heterocycles. The van der Waals surface area contributed by atoms with Crippen molar-refractivity contribution in [3.63, 3.8) is 0 Å². The number of halogens is 3. The van der Waals surface area contributed by atoms with Crippen LogP contribution in [0.2, 0.25) is 5.02 Å². The molecule has 1 saturated heterocycles. The van der Waals surface area contributed by atoms with Crippen LogP contribution in [0.15, 0.2) is 17.1 Å². The topological polar surface area (TPSA) is 86.0 Å². The number of hydrogen-bond acceptors (Lipinski definition) is 5. The monoisotopic (exact) mass is 427 g/mol. The quantitative estimate of drug-likeness (QED) is 0.758. The van der Waals surface area contributed by atoms with Gasteiger partial charge in [0.2, 0.25) is 5.43 Å². The molecule has 156 valence electrons. The summed E-state index contributed by atoms with van der Waals surface area (Å²) in [6.07, 6.45) is 0.109. The third-order valence-corrected chi connectivity index (χ3v) is 5.92. The highest BCUT2D eigenvalue weighted by Crippen LogP contribution is 2.44. The number of β-amino-alcohol motifs (C(OH)–C–C–N with tert-alkyl or cyclic N) is 1. The molecule has 29 heavy (non-hydrogen) atoms. The summed E-state index contributed by atoms with van der Waals surface area (Å²) in [5, 5.41) is 18.2. The summed E-state index contributed by atoms with van der Waals surface area (Å²) in [6.45, 7) is 2.71. The van der Waals surface area contributed by atoms with Crippen LogP contribution in [0.25, 0.3) is 10.9 Å². The summed E-state index contributed by atoms with van der Waals surface area (Å²) < 4.78 is 30.2. The fourth-order valence-corrected chi connectivity index (χ4v) is 4.32. The Morgan fingerprint density at radius 3 is 2.48 bits per heavy atom. The molecule has 2 N–H and O–H groups in total. The molecule has 1 aliphatic carbocycles. The molecular weight excluding hydrogens is 408 g/mol. The number of benzene rings is 1. The minimum Gasteiger partial charge on any atom is -0.477 e. The third kappa shape index (κ3) is 3.47. The largest absolute Gasteiger partial charge is 0.477 e. The number of aromatic carboxylic acids is 1. The number of carboxylic acids is 1. The Morgan fingerprint density at radius 1 is 1.28 bits per heavy atom. The highest BCUT2D eigenvalue weighted by Gasteiger charge is 2.41. The van der Waals surface area contributed by atoms with Crippen LogP contribution in [0.5, 0.6) is 0 Å². The van der Waals surface area contributed by atoms with Gasteiger partial charge in [0.1, 0.15) is 17.6 Å². The maximum atomic E-state index is 15.0. The van der Waals surface area contributed by atoms with Crippen LogP contribution in [-0.2, 0) is 0 Å². The van der Waals surface area contributed by atoms with Gasteiger partial charge >= 0.3 is 5.97 Å². The van der Waals surface area contributed by atoms with E-state index < -0.39 is 35.0 Å². The maximum Gasteiger partial charge on any atom is 0.341 e. The van der Waals surface area contributed by atoms with E-state index >= 15 is 0 Å². The fourth-order valence-electron chi connectivity index (χ4n) is 3.91. The number of nitrogens with zero attached hydrogens (tertiary/aromatic N) is 3. The van der Waals surface area contributed by atoms with E-state index in [2.05, 4.69) is 0 Å². The van der Waals surface area contributed by atoms with Gasteiger partial charge in [-0.2, -0.15) is 0 Å². The molecule has 0 spiro atoms. The molecule has 4 rings (SSSR count). The number of aliphatic hydroxyl groups is 1. The minimum atomic E-state index is -1.46. The Labute approximate surface area is 169 Å². The van der Waals surface area contributed by atoms with Crippen LogP contribution in [0.4, 0.5) is 14.5 Å². The lowest BCUT2D eigenvalue weighted by Gasteiger charge is -2.36. The van der Waals surface area contributed by atoms with Gasteiger partial charge in [0.25, 0.3) is 0 Å². The van der Waals surface area contributed by atoms with Crippen LogP contribution < -0.4 is 10.3 Å². The number of fused-ring (bicyclic) bond motifs is 1. The van der Waals surface area contributed by atoms with E-state index in [0.717, 1.165) is 12.3 Å². The Morgan fingerprint density at radius 2 is 1.93 bits per heavy atom. The number of hydrogen-bond donors (Lipinski definition) is 2. The number of rotatable bonds is 5. The normalized spacial score (nSPS) is 22.3. The number of piperazine rings is 1. The summed E-state index contributed by atoms with van der Waals surface area (Å²) in [5.74, 6) is -2.18. The van der Waals surface area contributed by atoms with Gasteiger partial charge in [0, 0.05) is 45.3 Å². The van der Waals surface area contributed by atoms with Crippen molar-refractivity contribution in [2.24, 2.45) is 0 Å². The van der Waals surface area contributed by atoms with Gasteiger partial charge < -0.3 is 19.7 Å². The molecule has 2 unspecified atom stereocenters. The molecule has 7 nitrogen and oxygen atoms in total. The summed E-state index contributed by atoms with van der Waals surface area (Å²) >= 11 is 6.54. The lowest BCUT2D eigenvalue weighted by atomic mass is 10.1. The maximum absolute atomic E-state index is 15.0. The van der Waals surface area contributed by atoms with Gasteiger partial charge in [-0.15, -0.1) is 0 Å². The minimum absolute atomic E-state index is 0.0243. The molecule has 2 atom stereocenters. The predicted octanol–water partition coefficient (Wildman–Crippen LogP) is 1.89. The molecule has 2 aliphatic rings. The molecule has 10 heteroatoms. The number of anilines is 1. The highest BCUT2D eigenvalue weighted by atomic mass is 35.5. The van der Waals surface area contributed by atoms with E-state index in [1.807, 2.05) is 4.90 Å². The van der Waals surface area contributed by atoms with E-state index in [9.17, 15) is 23.5 Å². The summed E-state index contributed by atoms with van der Waals surface area (Å²) in [6, 6.07) is 0.366. The second kappa shape index (κ2) is 7.55. The standard InChI is InChI=1S/C19H20ClF2N3O4/c20-15-16-10(18(27)11(19(28)29)9-25(16)14-8-12(14)21)7-13(22)17(15)24-3-1-23(2-4-24)5-6-26/h7,9,12,14,26H,1-6,8H2,(H,28,29). The van der Waals surface area contributed by atoms with Crippen molar-refractivity contribution in [3.8, 4) is 0 Å². The molecule has 1 aliphatic heterocycles. The number of pyridine rings is 1. The number of aliphatic hydroxyl groups excluding tert-OH is 1. The van der Waals surface area contributed by atoms with Crippen LogP contribution in [0.3, 0.4) is 0 Å². The van der Waals surface area contributed by atoms with Crippen LogP contribution in [0, 0.1) is 5.82 Å². The van der Waals surface area contributed by atoms with Crippen LogP contribution >= 0.6 is 11.6 Å². The molecule has 2 aromatic rings. The second-order valence-electron chi connectivity index (χ2n) is 7.37. The van der Waals surface area contributed by atoms with Crippen molar-refractivity contribution in [1.29, 1.82) is 0 Å². The zero-order valence-electron chi connectivity index (χ0n) is 15.4. The van der Waals surface area contributed by atoms with Gasteiger partial charge in [-0.3, -0.25) is 9.69 Å². The van der Waals surface area contributed by atoms with E-state index in [-0.39, 0.29) is 34.6 Å². The average molecular weight is 428 g/mol. The van der Waals surface area contributed by atoms with Crippen molar-refractivity contribution < 1.29 is 23.8 Å². The third-order valence-electron chi connectivity index (χ3n) is 5.56. The molecule has 0 radical (unpaired) electrons. The Hall–Kier alpha value is -2.23. The molecule has 2 fully saturated rings. The van der Waals surface area contributed by atoms with Crippen molar-refractivity contribution >= 4 is 34.2 Å². The first-order chi connectivity index (χ1) is 13.8. The molecule has 1 saturated carbocycles. The van der Waals surface area contributed by atoms with Gasteiger partial charge in [0.05, 0.1) is 34.3 Å². The number of aromatic nitrogens is 1. The SMILES string of the molecule is O=C(O)c1cn(C2CC2F)c2c(Cl)c(N3CCN(CCO)CC3)c(F)cc2c1=O. The van der Waals surface area contributed by atoms with E-state index in [1.165, 1.54) is 4.57 Å². The lowest BCUT2D eigenvalue weighted by Crippen LogP contribution is -2.47. The number of alkyl halides is 1. The van der Waals surface area contributed by atoms with Crippen molar-refractivity contribution in [2.75, 3.05) is 44.2 Å². The van der Waals surface area contributed by atoms with Crippen molar-refractivity contribution in [1.82, 2.24) is 9.47 Å². The molecule has 0 bridgehead atoms.